The molecule has 1 fully saturated rings. The van der Waals surface area contributed by atoms with E-state index in [0.29, 0.717) is 17.0 Å². The van der Waals surface area contributed by atoms with Crippen LogP contribution in [0.5, 0.6) is 0 Å². The average Bonchev–Trinajstić information content (AvgIpc) is 3.08. The summed E-state index contributed by atoms with van der Waals surface area (Å²) in [5.74, 6) is 0.509. The molecule has 2 aromatic rings. The largest absolute Gasteiger partial charge is 0.465 e. The van der Waals surface area contributed by atoms with E-state index in [1.165, 1.54) is 4.88 Å². The molecule has 8 heteroatoms. The number of rotatable bonds is 8. The van der Waals surface area contributed by atoms with Crippen LogP contribution in [0.15, 0.2) is 16.2 Å². The highest BCUT2D eigenvalue weighted by Gasteiger charge is 2.22. The number of H-pyrrole nitrogens is 1. The molecular formula is C24H33N3O4S. The van der Waals surface area contributed by atoms with Crippen molar-refractivity contribution in [2.75, 3.05) is 0 Å². The number of carbonyl (C=O) groups is 2. The van der Waals surface area contributed by atoms with Gasteiger partial charge in [0.2, 0.25) is 0 Å². The van der Waals surface area contributed by atoms with Crippen LogP contribution in [0.25, 0.3) is 0 Å². The van der Waals surface area contributed by atoms with E-state index < -0.39 is 6.09 Å². The highest BCUT2D eigenvalue weighted by atomic mass is 32.1. The molecule has 2 amide bonds. The summed E-state index contributed by atoms with van der Waals surface area (Å²) < 4.78 is 0. The number of aromatic nitrogens is 1. The number of aromatic amines is 1. The van der Waals surface area contributed by atoms with Gasteiger partial charge in [0.1, 0.15) is 0 Å². The van der Waals surface area contributed by atoms with Gasteiger partial charge in [0, 0.05) is 34.1 Å². The lowest BCUT2D eigenvalue weighted by molar-refractivity contribution is 0.0950. The molecule has 0 saturated heterocycles. The van der Waals surface area contributed by atoms with Crippen LogP contribution in [-0.4, -0.2) is 28.1 Å². The Labute approximate surface area is 192 Å². The number of hydrogen-bond acceptors (Lipinski definition) is 4. The van der Waals surface area contributed by atoms with E-state index in [4.69, 9.17) is 5.11 Å². The Bertz CT molecular complexity index is 1020. The fourth-order valence-corrected chi connectivity index (χ4v) is 5.71. The summed E-state index contributed by atoms with van der Waals surface area (Å²) in [5, 5.41) is 16.2. The summed E-state index contributed by atoms with van der Waals surface area (Å²) in [6.07, 6.45) is 6.20. The van der Waals surface area contributed by atoms with E-state index in [2.05, 4.69) is 15.6 Å². The van der Waals surface area contributed by atoms with Gasteiger partial charge in [-0.1, -0.05) is 6.42 Å². The number of pyridine rings is 1. The summed E-state index contributed by atoms with van der Waals surface area (Å²) >= 11 is 1.62. The smallest absolute Gasteiger partial charge is 0.404 e. The topological polar surface area (TPSA) is 111 Å². The zero-order valence-corrected chi connectivity index (χ0v) is 19.9. The van der Waals surface area contributed by atoms with Crippen molar-refractivity contribution in [3.8, 4) is 0 Å². The molecule has 32 heavy (non-hydrogen) atoms. The predicted molar refractivity (Wildman–Crippen MR) is 127 cm³/mol. The first-order chi connectivity index (χ1) is 15.2. The third-order valence-corrected chi connectivity index (χ3v) is 7.64. The fourth-order valence-electron chi connectivity index (χ4n) is 4.61. The van der Waals surface area contributed by atoms with Gasteiger partial charge in [0.25, 0.3) is 11.5 Å². The van der Waals surface area contributed by atoms with Crippen molar-refractivity contribution in [3.05, 3.63) is 54.6 Å². The van der Waals surface area contributed by atoms with Gasteiger partial charge in [-0.3, -0.25) is 9.59 Å². The number of amides is 2. The molecular weight excluding hydrogens is 426 g/mol. The molecule has 7 nitrogen and oxygen atoms in total. The van der Waals surface area contributed by atoms with E-state index >= 15 is 0 Å². The van der Waals surface area contributed by atoms with Gasteiger partial charge in [-0.2, -0.15) is 0 Å². The Kier molecular flexibility index (Phi) is 8.12. The number of carboxylic acid groups (broad SMARTS) is 1. The van der Waals surface area contributed by atoms with Crippen molar-refractivity contribution in [1.82, 2.24) is 15.6 Å². The van der Waals surface area contributed by atoms with Gasteiger partial charge in [-0.25, -0.2) is 4.79 Å². The third-order valence-electron chi connectivity index (χ3n) is 6.50. The molecule has 4 N–H and O–H groups in total. The molecule has 0 radical (unpaired) electrons. The minimum Gasteiger partial charge on any atom is -0.465 e. The van der Waals surface area contributed by atoms with Crippen LogP contribution in [-0.2, 0) is 13.0 Å². The van der Waals surface area contributed by atoms with Gasteiger partial charge in [0.05, 0.1) is 5.56 Å². The van der Waals surface area contributed by atoms with Crippen molar-refractivity contribution in [1.29, 1.82) is 0 Å². The molecule has 0 unspecified atom stereocenters. The molecule has 1 aliphatic carbocycles. The lowest BCUT2D eigenvalue weighted by Gasteiger charge is -2.28. The normalized spacial score (nSPS) is 18.3. The number of hydrogen-bond donors (Lipinski definition) is 4. The van der Waals surface area contributed by atoms with E-state index in [0.717, 1.165) is 61.8 Å². The first-order valence-corrected chi connectivity index (χ1v) is 12.2. The van der Waals surface area contributed by atoms with Crippen molar-refractivity contribution in [2.24, 2.45) is 5.92 Å². The zero-order chi connectivity index (χ0) is 23.3. The molecule has 0 bridgehead atoms. The van der Waals surface area contributed by atoms with E-state index in [1.54, 1.807) is 11.3 Å². The third kappa shape index (κ3) is 6.22. The van der Waals surface area contributed by atoms with E-state index in [9.17, 15) is 14.4 Å². The van der Waals surface area contributed by atoms with Gasteiger partial charge >= 0.3 is 6.09 Å². The summed E-state index contributed by atoms with van der Waals surface area (Å²) in [7, 11) is 0. The van der Waals surface area contributed by atoms with Crippen LogP contribution in [0.1, 0.15) is 76.1 Å². The first kappa shape index (κ1) is 24.0. The zero-order valence-electron chi connectivity index (χ0n) is 19.0. The standard InChI is InChI=1S/C24H33N3O4S/c1-14-11-15(2)26-23(29)19(14)12-25-22(28)20-13-32-21(16(20)3)6-4-5-17-7-9-18(10-8-17)27-24(30)31/h11,13,17-18,27H,4-10,12H2,1-3H3,(H,25,28)(H,26,29)(H,30,31). The number of nitrogens with one attached hydrogen (secondary N) is 3. The first-order valence-electron chi connectivity index (χ1n) is 11.3. The maximum absolute atomic E-state index is 12.7. The molecule has 0 atom stereocenters. The summed E-state index contributed by atoms with van der Waals surface area (Å²) in [6.45, 7) is 5.93. The Morgan fingerprint density at radius 3 is 2.56 bits per heavy atom. The summed E-state index contributed by atoms with van der Waals surface area (Å²) in [6, 6.07) is 2.01. The Hall–Kier alpha value is -2.61. The van der Waals surface area contributed by atoms with E-state index in [1.807, 2.05) is 32.2 Å². The van der Waals surface area contributed by atoms with Gasteiger partial charge < -0.3 is 20.7 Å². The highest BCUT2D eigenvalue weighted by molar-refractivity contribution is 7.10. The average molecular weight is 460 g/mol. The van der Waals surface area contributed by atoms with Crippen molar-refractivity contribution >= 4 is 23.3 Å². The predicted octanol–water partition coefficient (Wildman–Crippen LogP) is 4.44. The second-order valence-electron chi connectivity index (χ2n) is 8.88. The number of carbonyl (C=O) groups excluding carboxylic acids is 1. The van der Waals surface area contributed by atoms with Gasteiger partial charge in [0.15, 0.2) is 0 Å². The molecule has 0 aromatic carbocycles. The fraction of sp³-hybridized carbons (Fsp3) is 0.542. The van der Waals surface area contributed by atoms with Gasteiger partial charge in [-0.05, 0) is 82.4 Å². The lowest BCUT2D eigenvalue weighted by Crippen LogP contribution is -2.36. The second-order valence-corrected chi connectivity index (χ2v) is 9.85. The Balaban J connectivity index is 1.47. The van der Waals surface area contributed by atoms with Gasteiger partial charge in [-0.15, -0.1) is 11.3 Å². The molecule has 3 rings (SSSR count). The summed E-state index contributed by atoms with van der Waals surface area (Å²) in [5.41, 5.74) is 3.83. The monoisotopic (exact) mass is 459 g/mol. The minimum absolute atomic E-state index is 0.101. The second kappa shape index (κ2) is 10.8. The molecule has 174 valence electrons. The Morgan fingerprint density at radius 1 is 1.19 bits per heavy atom. The van der Waals surface area contributed by atoms with Crippen LogP contribution < -0.4 is 16.2 Å². The lowest BCUT2D eigenvalue weighted by atomic mass is 9.83. The molecule has 1 aliphatic rings. The number of thiophene rings is 1. The molecule has 0 spiro atoms. The maximum Gasteiger partial charge on any atom is 0.404 e. The molecule has 2 heterocycles. The van der Waals surface area contributed by atoms with Crippen LogP contribution in [0.2, 0.25) is 0 Å². The van der Waals surface area contributed by atoms with Crippen LogP contribution in [0, 0.1) is 26.7 Å². The minimum atomic E-state index is -0.928. The van der Waals surface area contributed by atoms with Crippen LogP contribution >= 0.6 is 11.3 Å². The van der Waals surface area contributed by atoms with Crippen LogP contribution in [0.3, 0.4) is 0 Å². The summed E-state index contributed by atoms with van der Waals surface area (Å²) in [4.78, 5) is 39.6. The van der Waals surface area contributed by atoms with Crippen molar-refractivity contribution in [3.63, 3.8) is 0 Å². The number of aryl methyl sites for hydroxylation is 3. The molecule has 2 aromatic heterocycles. The van der Waals surface area contributed by atoms with Crippen molar-refractivity contribution < 1.29 is 14.7 Å². The molecule has 0 aliphatic heterocycles. The van der Waals surface area contributed by atoms with Crippen LogP contribution in [0.4, 0.5) is 4.79 Å². The quantitative estimate of drug-likeness (QED) is 0.467. The SMILES string of the molecule is Cc1cc(C)c(CNC(=O)c2csc(CCCC3CCC(NC(=O)O)CC3)c2C)c(=O)[nH]1. The maximum atomic E-state index is 12.7. The van der Waals surface area contributed by atoms with E-state index in [-0.39, 0.29) is 24.1 Å². The molecule has 1 saturated carbocycles. The van der Waals surface area contributed by atoms with Crippen molar-refractivity contribution in [2.45, 2.75) is 78.3 Å². The Morgan fingerprint density at radius 2 is 1.91 bits per heavy atom. The highest BCUT2D eigenvalue weighted by Crippen LogP contribution is 2.30.